The first-order valence-corrected chi connectivity index (χ1v) is 10.5. The van der Waals surface area contributed by atoms with Crippen molar-refractivity contribution in [3.63, 3.8) is 0 Å². The molecule has 0 radical (unpaired) electrons. The molecule has 0 spiro atoms. The van der Waals surface area contributed by atoms with Gasteiger partial charge in [-0.1, -0.05) is 23.9 Å². The zero-order valence-electron chi connectivity index (χ0n) is 17.1. The highest BCUT2D eigenvalue weighted by Gasteiger charge is 2.17. The molecule has 0 aliphatic rings. The zero-order valence-corrected chi connectivity index (χ0v) is 17.9. The number of thioether (sulfide) groups is 1. The number of nitro groups is 1. The van der Waals surface area contributed by atoms with Crippen LogP contribution in [0.4, 0.5) is 11.4 Å². The van der Waals surface area contributed by atoms with Gasteiger partial charge in [-0.25, -0.2) is 0 Å². The summed E-state index contributed by atoms with van der Waals surface area (Å²) < 4.78 is 1.96. The summed E-state index contributed by atoms with van der Waals surface area (Å²) >= 11 is 1.53. The third-order valence-electron chi connectivity index (χ3n) is 4.92. The lowest BCUT2D eigenvalue weighted by molar-refractivity contribution is -0.384. The average molecular weight is 412 g/mol. The highest BCUT2D eigenvalue weighted by molar-refractivity contribution is 7.99. The van der Waals surface area contributed by atoms with Gasteiger partial charge in [0.15, 0.2) is 11.0 Å². The fourth-order valence-electron chi connectivity index (χ4n) is 3.20. The maximum Gasteiger partial charge on any atom is 0.269 e. The van der Waals surface area contributed by atoms with Crippen molar-refractivity contribution in [3.05, 3.63) is 64.2 Å². The summed E-state index contributed by atoms with van der Waals surface area (Å²) in [5.41, 5.74) is 3.18. The van der Waals surface area contributed by atoms with Crippen LogP contribution in [0.2, 0.25) is 0 Å². The van der Waals surface area contributed by atoms with Crippen LogP contribution in [-0.4, -0.2) is 32.8 Å². The van der Waals surface area contributed by atoms with E-state index in [1.807, 2.05) is 24.6 Å². The molecule has 2 aromatic carbocycles. The predicted octanol–water partition coefficient (Wildman–Crippen LogP) is 5.09. The lowest BCUT2D eigenvalue weighted by Gasteiger charge is -2.21. The monoisotopic (exact) mass is 411 g/mol. The molecule has 0 amide bonds. The number of rotatable bonds is 8. The van der Waals surface area contributed by atoms with Crippen molar-refractivity contribution in [2.24, 2.45) is 7.05 Å². The summed E-state index contributed by atoms with van der Waals surface area (Å²) in [4.78, 5) is 12.9. The van der Waals surface area contributed by atoms with E-state index in [-0.39, 0.29) is 15.9 Å². The zero-order chi connectivity index (χ0) is 21.0. The fourth-order valence-corrected chi connectivity index (χ4v) is 4.13. The Labute approximate surface area is 174 Å². The molecule has 0 saturated heterocycles. The second kappa shape index (κ2) is 9.09. The van der Waals surface area contributed by atoms with Gasteiger partial charge < -0.3 is 9.47 Å². The summed E-state index contributed by atoms with van der Waals surface area (Å²) in [5, 5.41) is 20.5. The van der Waals surface area contributed by atoms with Crippen molar-refractivity contribution in [1.82, 2.24) is 14.8 Å². The molecule has 1 heterocycles. The van der Waals surface area contributed by atoms with Crippen LogP contribution in [0, 0.1) is 10.1 Å². The number of non-ortho nitro benzene ring substituents is 1. The minimum Gasteiger partial charge on any atom is -0.372 e. The van der Waals surface area contributed by atoms with Gasteiger partial charge in [0.1, 0.15) is 0 Å². The largest absolute Gasteiger partial charge is 0.372 e. The third kappa shape index (κ3) is 4.59. The van der Waals surface area contributed by atoms with Gasteiger partial charge >= 0.3 is 0 Å². The van der Waals surface area contributed by atoms with Crippen LogP contribution >= 0.6 is 11.8 Å². The second-order valence-electron chi connectivity index (χ2n) is 6.70. The van der Waals surface area contributed by atoms with Crippen LogP contribution in [0.5, 0.6) is 0 Å². The van der Waals surface area contributed by atoms with Crippen LogP contribution < -0.4 is 4.90 Å². The van der Waals surface area contributed by atoms with E-state index in [1.165, 1.54) is 23.5 Å². The molecular weight excluding hydrogens is 386 g/mol. The van der Waals surface area contributed by atoms with E-state index in [0.29, 0.717) is 0 Å². The van der Waals surface area contributed by atoms with E-state index >= 15 is 0 Å². The van der Waals surface area contributed by atoms with E-state index in [0.717, 1.165) is 35.2 Å². The van der Waals surface area contributed by atoms with Gasteiger partial charge in [-0.2, -0.15) is 0 Å². The molecule has 1 atom stereocenters. The van der Waals surface area contributed by atoms with Gasteiger partial charge in [-0.3, -0.25) is 10.1 Å². The normalized spacial score (nSPS) is 12.0. The summed E-state index contributed by atoms with van der Waals surface area (Å²) in [7, 11) is 1.94. The summed E-state index contributed by atoms with van der Waals surface area (Å²) in [6, 6.07) is 15.1. The fraction of sp³-hybridized carbons (Fsp3) is 0.333. The smallest absolute Gasteiger partial charge is 0.269 e. The number of benzene rings is 2. The Morgan fingerprint density at radius 1 is 1.14 bits per heavy atom. The highest BCUT2D eigenvalue weighted by atomic mass is 32.2. The van der Waals surface area contributed by atoms with Gasteiger partial charge in [0, 0.05) is 48.8 Å². The Morgan fingerprint density at radius 3 is 2.45 bits per heavy atom. The molecule has 3 aromatic rings. The summed E-state index contributed by atoms with van der Waals surface area (Å²) in [5.74, 6) is 0.796. The first-order chi connectivity index (χ1) is 13.9. The SMILES string of the molecule is CCN(CC)c1ccc(-c2nnc(SC(C)c3cccc([N+](=O)[O-])c3)n2C)cc1. The van der Waals surface area contributed by atoms with Crippen LogP contribution in [-0.2, 0) is 7.05 Å². The predicted molar refractivity (Wildman–Crippen MR) is 117 cm³/mol. The minimum absolute atomic E-state index is 0.00990. The van der Waals surface area contributed by atoms with Crippen molar-refractivity contribution >= 4 is 23.1 Å². The van der Waals surface area contributed by atoms with Crippen molar-refractivity contribution in [2.45, 2.75) is 31.2 Å². The summed E-state index contributed by atoms with van der Waals surface area (Å²) in [6.07, 6.45) is 0. The van der Waals surface area contributed by atoms with Gasteiger partial charge in [-0.05, 0) is 50.6 Å². The first kappa shape index (κ1) is 20.9. The molecule has 8 heteroatoms. The topological polar surface area (TPSA) is 77.1 Å². The quantitative estimate of drug-likeness (QED) is 0.292. The molecule has 1 unspecified atom stereocenters. The Morgan fingerprint density at radius 2 is 1.83 bits per heavy atom. The van der Waals surface area contributed by atoms with Crippen molar-refractivity contribution < 1.29 is 4.92 Å². The molecule has 29 heavy (non-hydrogen) atoms. The lowest BCUT2D eigenvalue weighted by atomic mass is 10.1. The summed E-state index contributed by atoms with van der Waals surface area (Å²) in [6.45, 7) is 8.24. The van der Waals surface area contributed by atoms with Crippen LogP contribution in [0.1, 0.15) is 31.6 Å². The molecule has 0 N–H and O–H groups in total. The molecular formula is C21H25N5O2S. The van der Waals surface area contributed by atoms with Crippen molar-refractivity contribution in [1.29, 1.82) is 0 Å². The number of hydrogen-bond acceptors (Lipinski definition) is 6. The molecule has 152 valence electrons. The number of hydrogen-bond donors (Lipinski definition) is 0. The number of aromatic nitrogens is 3. The van der Waals surface area contributed by atoms with Crippen LogP contribution in [0.25, 0.3) is 11.4 Å². The molecule has 0 aliphatic heterocycles. The maximum absolute atomic E-state index is 11.0. The molecule has 0 bridgehead atoms. The molecule has 3 rings (SSSR count). The number of nitrogens with zero attached hydrogens (tertiary/aromatic N) is 5. The van der Waals surface area contributed by atoms with Gasteiger partial charge in [-0.15, -0.1) is 10.2 Å². The number of anilines is 1. The van der Waals surface area contributed by atoms with E-state index in [4.69, 9.17) is 0 Å². The maximum atomic E-state index is 11.0. The van der Waals surface area contributed by atoms with Gasteiger partial charge in [0.2, 0.25) is 0 Å². The minimum atomic E-state index is -0.372. The average Bonchev–Trinajstić information content (AvgIpc) is 3.09. The van der Waals surface area contributed by atoms with Crippen molar-refractivity contribution in [2.75, 3.05) is 18.0 Å². The molecule has 0 fully saturated rings. The second-order valence-corrected chi connectivity index (χ2v) is 8.00. The standard InChI is InChI=1S/C21H25N5O2S/c1-5-25(6-2)18-12-10-16(11-13-18)20-22-23-21(24(20)4)29-15(3)17-8-7-9-19(14-17)26(27)28/h7-15H,5-6H2,1-4H3. The molecule has 0 aliphatic carbocycles. The Hall–Kier alpha value is -2.87. The third-order valence-corrected chi connectivity index (χ3v) is 6.11. The highest BCUT2D eigenvalue weighted by Crippen LogP contribution is 2.36. The Balaban J connectivity index is 1.79. The first-order valence-electron chi connectivity index (χ1n) is 9.60. The Bertz CT molecular complexity index is 983. The van der Waals surface area contributed by atoms with Crippen LogP contribution in [0.15, 0.2) is 53.7 Å². The number of nitro benzene ring substituents is 1. The molecule has 7 nitrogen and oxygen atoms in total. The van der Waals surface area contributed by atoms with E-state index in [2.05, 4.69) is 53.2 Å². The molecule has 0 saturated carbocycles. The van der Waals surface area contributed by atoms with E-state index in [9.17, 15) is 10.1 Å². The van der Waals surface area contributed by atoms with E-state index in [1.54, 1.807) is 12.1 Å². The van der Waals surface area contributed by atoms with Gasteiger partial charge in [0.05, 0.1) is 4.92 Å². The lowest BCUT2D eigenvalue weighted by Crippen LogP contribution is -2.21. The van der Waals surface area contributed by atoms with Crippen LogP contribution in [0.3, 0.4) is 0 Å². The molecule has 1 aromatic heterocycles. The Kier molecular flexibility index (Phi) is 6.53. The van der Waals surface area contributed by atoms with Crippen molar-refractivity contribution in [3.8, 4) is 11.4 Å². The van der Waals surface area contributed by atoms with E-state index < -0.39 is 0 Å². The van der Waals surface area contributed by atoms with Gasteiger partial charge in [0.25, 0.3) is 5.69 Å².